The average molecular weight is 391 g/mol. The zero-order valence-electron chi connectivity index (χ0n) is 13.5. The summed E-state index contributed by atoms with van der Waals surface area (Å²) in [4.78, 5) is 1.97. The fourth-order valence-corrected chi connectivity index (χ4v) is 3.02. The third kappa shape index (κ3) is 5.76. The Balaban J connectivity index is 0.00000264. The molecule has 0 aliphatic carbocycles. The highest BCUT2D eigenvalue weighted by molar-refractivity contribution is 5.85. The molecule has 140 valence electrons. The Morgan fingerprint density at radius 2 is 1.79 bits per heavy atom. The first-order chi connectivity index (χ1) is 10.4. The van der Waals surface area contributed by atoms with Crippen molar-refractivity contribution in [2.24, 2.45) is 0 Å². The van der Waals surface area contributed by atoms with Crippen LogP contribution in [-0.4, -0.2) is 31.1 Å². The minimum absolute atomic E-state index is 0. The molecule has 2 rings (SSSR count). The standard InChI is InChI=1S/C16H22F4N2.2ClH/c1-2-3-7-14(22-10-8-21-9-11-22)15-12(16(18,19)20)5-4-6-13(15)17;;/h4-6,14,21H,2-3,7-11H2,1H3;2*1H/t14-;;/m0../s1. The van der Waals surface area contributed by atoms with Crippen LogP contribution in [0.5, 0.6) is 0 Å². The van der Waals surface area contributed by atoms with E-state index in [2.05, 4.69) is 5.32 Å². The number of alkyl halides is 3. The van der Waals surface area contributed by atoms with Crippen LogP contribution in [0.4, 0.5) is 17.6 Å². The molecule has 1 aromatic rings. The quantitative estimate of drug-likeness (QED) is 0.724. The van der Waals surface area contributed by atoms with Crippen LogP contribution in [0.15, 0.2) is 18.2 Å². The number of unbranched alkanes of at least 4 members (excludes halogenated alkanes) is 1. The smallest absolute Gasteiger partial charge is 0.314 e. The second-order valence-electron chi connectivity index (χ2n) is 5.64. The van der Waals surface area contributed by atoms with E-state index in [1.807, 2.05) is 11.8 Å². The van der Waals surface area contributed by atoms with Gasteiger partial charge in [0.1, 0.15) is 5.82 Å². The molecule has 1 aromatic carbocycles. The van der Waals surface area contributed by atoms with Gasteiger partial charge in [-0.1, -0.05) is 25.8 Å². The molecule has 0 saturated carbocycles. The molecular weight excluding hydrogens is 367 g/mol. The molecule has 0 aromatic heterocycles. The lowest BCUT2D eigenvalue weighted by atomic mass is 9.93. The number of piperazine rings is 1. The fraction of sp³-hybridized carbons (Fsp3) is 0.625. The van der Waals surface area contributed by atoms with Crippen LogP contribution in [-0.2, 0) is 6.18 Å². The molecule has 1 atom stereocenters. The molecule has 1 heterocycles. The van der Waals surface area contributed by atoms with Gasteiger partial charge in [-0.05, 0) is 18.6 Å². The maximum Gasteiger partial charge on any atom is 0.416 e. The molecule has 0 unspecified atom stereocenters. The number of benzene rings is 1. The van der Waals surface area contributed by atoms with E-state index >= 15 is 0 Å². The SMILES string of the molecule is CCCC[C@@H](c1c(F)cccc1C(F)(F)F)N1CCNCC1.Cl.Cl. The molecule has 2 nitrogen and oxygen atoms in total. The summed E-state index contributed by atoms with van der Waals surface area (Å²) >= 11 is 0. The summed E-state index contributed by atoms with van der Waals surface area (Å²) in [6, 6.07) is 2.74. The van der Waals surface area contributed by atoms with Gasteiger partial charge in [0, 0.05) is 37.8 Å². The lowest BCUT2D eigenvalue weighted by Crippen LogP contribution is -2.45. The van der Waals surface area contributed by atoms with Crippen molar-refractivity contribution >= 4 is 24.8 Å². The van der Waals surface area contributed by atoms with Crippen molar-refractivity contribution in [3.05, 3.63) is 35.1 Å². The first-order valence-corrected chi connectivity index (χ1v) is 7.75. The van der Waals surface area contributed by atoms with Gasteiger partial charge >= 0.3 is 6.18 Å². The highest BCUT2D eigenvalue weighted by atomic mass is 35.5. The number of nitrogens with one attached hydrogen (secondary N) is 1. The summed E-state index contributed by atoms with van der Waals surface area (Å²) in [6.07, 6.45) is -2.34. The van der Waals surface area contributed by atoms with Crippen molar-refractivity contribution in [3.63, 3.8) is 0 Å². The number of hydrogen-bond donors (Lipinski definition) is 1. The van der Waals surface area contributed by atoms with Crippen LogP contribution in [0.25, 0.3) is 0 Å². The van der Waals surface area contributed by atoms with Gasteiger partial charge in [-0.2, -0.15) is 13.2 Å². The van der Waals surface area contributed by atoms with E-state index in [9.17, 15) is 17.6 Å². The molecular formula is C16H24Cl2F4N2. The van der Waals surface area contributed by atoms with Crippen LogP contribution < -0.4 is 5.32 Å². The molecule has 0 bridgehead atoms. The summed E-state index contributed by atoms with van der Waals surface area (Å²) in [5, 5.41) is 3.18. The zero-order valence-corrected chi connectivity index (χ0v) is 15.2. The van der Waals surface area contributed by atoms with Gasteiger partial charge in [0.05, 0.1) is 5.56 Å². The maximum atomic E-state index is 14.3. The van der Waals surface area contributed by atoms with Crippen molar-refractivity contribution in [2.45, 2.75) is 38.4 Å². The monoisotopic (exact) mass is 390 g/mol. The average Bonchev–Trinajstić information content (AvgIpc) is 2.49. The first-order valence-electron chi connectivity index (χ1n) is 7.75. The summed E-state index contributed by atoms with van der Waals surface area (Å²) < 4.78 is 54.1. The summed E-state index contributed by atoms with van der Waals surface area (Å²) in [7, 11) is 0. The molecule has 1 fully saturated rings. The minimum Gasteiger partial charge on any atom is -0.314 e. The van der Waals surface area contributed by atoms with Crippen molar-refractivity contribution in [2.75, 3.05) is 26.2 Å². The van der Waals surface area contributed by atoms with Gasteiger partial charge < -0.3 is 5.32 Å². The van der Waals surface area contributed by atoms with Crippen LogP contribution >= 0.6 is 24.8 Å². The first kappa shape index (κ1) is 23.4. The Labute approximate surface area is 152 Å². The molecule has 0 spiro atoms. The third-order valence-corrected chi connectivity index (χ3v) is 4.12. The molecule has 0 amide bonds. The van der Waals surface area contributed by atoms with Crippen molar-refractivity contribution in [3.8, 4) is 0 Å². The van der Waals surface area contributed by atoms with E-state index in [0.717, 1.165) is 44.1 Å². The van der Waals surface area contributed by atoms with Gasteiger partial charge in [-0.25, -0.2) is 4.39 Å². The Hall–Kier alpha value is -0.560. The Morgan fingerprint density at radius 1 is 1.17 bits per heavy atom. The van der Waals surface area contributed by atoms with E-state index < -0.39 is 23.6 Å². The molecule has 1 aliphatic rings. The van der Waals surface area contributed by atoms with Crippen molar-refractivity contribution in [1.29, 1.82) is 0 Å². The van der Waals surface area contributed by atoms with Crippen LogP contribution in [0.2, 0.25) is 0 Å². The second kappa shape index (κ2) is 10.4. The van der Waals surface area contributed by atoms with Crippen LogP contribution in [0, 0.1) is 5.82 Å². The number of rotatable bonds is 5. The lowest BCUT2D eigenvalue weighted by Gasteiger charge is -2.36. The fourth-order valence-electron chi connectivity index (χ4n) is 3.02. The van der Waals surface area contributed by atoms with Gasteiger partial charge in [-0.15, -0.1) is 24.8 Å². The van der Waals surface area contributed by atoms with Crippen LogP contribution in [0.3, 0.4) is 0 Å². The highest BCUT2D eigenvalue weighted by Gasteiger charge is 2.38. The van der Waals surface area contributed by atoms with E-state index in [4.69, 9.17) is 0 Å². The second-order valence-corrected chi connectivity index (χ2v) is 5.64. The number of hydrogen-bond acceptors (Lipinski definition) is 2. The molecule has 1 N–H and O–H groups in total. The predicted molar refractivity (Wildman–Crippen MR) is 92.6 cm³/mol. The largest absolute Gasteiger partial charge is 0.416 e. The maximum absolute atomic E-state index is 14.3. The Bertz CT molecular complexity index is 491. The summed E-state index contributed by atoms with van der Waals surface area (Å²) in [6.45, 7) is 4.71. The molecule has 8 heteroatoms. The van der Waals surface area contributed by atoms with E-state index in [1.54, 1.807) is 0 Å². The topological polar surface area (TPSA) is 15.3 Å². The van der Waals surface area contributed by atoms with Crippen LogP contribution in [0.1, 0.15) is 43.4 Å². The van der Waals surface area contributed by atoms with Gasteiger partial charge in [0.2, 0.25) is 0 Å². The third-order valence-electron chi connectivity index (χ3n) is 4.12. The Kier molecular flexibility index (Phi) is 10.2. The summed E-state index contributed by atoms with van der Waals surface area (Å²) in [5.74, 6) is -0.755. The number of nitrogens with zero attached hydrogens (tertiary/aromatic N) is 1. The van der Waals surface area contributed by atoms with Crippen molar-refractivity contribution < 1.29 is 17.6 Å². The van der Waals surface area contributed by atoms with E-state index in [-0.39, 0.29) is 30.4 Å². The Morgan fingerprint density at radius 3 is 2.33 bits per heavy atom. The highest BCUT2D eigenvalue weighted by Crippen LogP contribution is 2.39. The molecule has 0 radical (unpaired) electrons. The summed E-state index contributed by atoms with van der Waals surface area (Å²) in [5.41, 5.74) is -1.03. The zero-order chi connectivity index (χ0) is 16.2. The molecule has 1 aliphatic heterocycles. The lowest BCUT2D eigenvalue weighted by molar-refractivity contribution is -0.139. The van der Waals surface area contributed by atoms with Crippen molar-refractivity contribution in [1.82, 2.24) is 10.2 Å². The van der Waals surface area contributed by atoms with E-state index in [0.29, 0.717) is 19.5 Å². The number of halogens is 6. The minimum atomic E-state index is -4.53. The van der Waals surface area contributed by atoms with Gasteiger partial charge in [0.25, 0.3) is 0 Å². The predicted octanol–water partition coefficient (Wildman–Crippen LogP) is 4.82. The molecule has 1 saturated heterocycles. The van der Waals surface area contributed by atoms with E-state index in [1.165, 1.54) is 0 Å². The van der Waals surface area contributed by atoms with Gasteiger partial charge in [-0.3, -0.25) is 4.90 Å². The normalized spacial score (nSPS) is 16.9. The molecule has 24 heavy (non-hydrogen) atoms. The van der Waals surface area contributed by atoms with Gasteiger partial charge in [0.15, 0.2) is 0 Å².